The molecule has 0 aromatic heterocycles. The summed E-state index contributed by atoms with van der Waals surface area (Å²) in [5.41, 5.74) is 0. The van der Waals surface area contributed by atoms with Crippen LogP contribution in [0.15, 0.2) is 0 Å². The Hall–Kier alpha value is -0.233. The van der Waals surface area contributed by atoms with Gasteiger partial charge in [0.1, 0.15) is 5.78 Å². The van der Waals surface area contributed by atoms with Crippen molar-refractivity contribution in [2.24, 2.45) is 11.8 Å². The molecule has 1 saturated heterocycles. The van der Waals surface area contributed by atoms with Crippen LogP contribution in [0.3, 0.4) is 0 Å². The number of carbonyl (C=O) groups is 3. The number of ether oxygens (including phenoxy) is 1. The number of Topliss-reactive ketones (excluding diaryl/α,β-unsaturated/α-hetero) is 1. The number of imide groups is 1. The number of thioether (sulfide) groups is 1. The molecule has 2 unspecified atom stereocenters. The van der Waals surface area contributed by atoms with Crippen LogP contribution in [0.4, 0.5) is 0 Å². The van der Waals surface area contributed by atoms with Crippen molar-refractivity contribution < 1.29 is 19.1 Å². The SMILES string of the molecule is CC.COCCCCCCSC1CC(=O)N(CC2CCC(C(=O)CCCC[SiH2]C)CC2)C1=O.P. The highest BCUT2D eigenvalue weighted by molar-refractivity contribution is 8.00. The van der Waals surface area contributed by atoms with E-state index in [4.69, 9.17) is 4.74 Å². The van der Waals surface area contributed by atoms with Crippen LogP contribution in [0.25, 0.3) is 0 Å². The highest BCUT2D eigenvalue weighted by Crippen LogP contribution is 2.33. The van der Waals surface area contributed by atoms with Crippen molar-refractivity contribution in [3.8, 4) is 0 Å². The van der Waals surface area contributed by atoms with Crippen molar-refractivity contribution in [2.45, 2.75) is 109 Å². The Morgan fingerprint density at radius 2 is 1.71 bits per heavy atom. The van der Waals surface area contributed by atoms with Crippen LogP contribution >= 0.6 is 21.7 Å². The van der Waals surface area contributed by atoms with Crippen molar-refractivity contribution in [2.75, 3.05) is 26.0 Å². The highest BCUT2D eigenvalue weighted by atomic mass is 32.2. The van der Waals surface area contributed by atoms with Gasteiger partial charge in [-0.3, -0.25) is 19.3 Å². The van der Waals surface area contributed by atoms with Crippen LogP contribution in [-0.4, -0.2) is 63.3 Å². The van der Waals surface area contributed by atoms with Crippen LogP contribution in [0.5, 0.6) is 0 Å². The Labute approximate surface area is 219 Å². The standard InChI is InChI=1S/C24H43NO4SSi.C2H6.H3P/c1-29-14-6-3-4-7-15-30-22-17-23(27)25(24(22)28)18-19-10-12-20(13-11-19)21(26)9-5-8-16-31-2;1-2;/h19-20,22H,3-18,31H2,1-2H3;1-2H3;1H3. The van der Waals surface area contributed by atoms with Gasteiger partial charge in [0, 0.05) is 48.5 Å². The monoisotopic (exact) mass is 533 g/mol. The molecule has 0 aromatic rings. The molecule has 0 bridgehead atoms. The summed E-state index contributed by atoms with van der Waals surface area (Å²) < 4.78 is 5.06. The second kappa shape index (κ2) is 20.9. The zero-order chi connectivity index (χ0) is 24.5. The second-order valence-corrected chi connectivity index (χ2v) is 12.3. The molecule has 0 aromatic carbocycles. The maximum Gasteiger partial charge on any atom is 0.242 e. The van der Waals surface area contributed by atoms with Crippen LogP contribution in [-0.2, 0) is 19.1 Å². The lowest BCUT2D eigenvalue weighted by Crippen LogP contribution is -2.37. The van der Waals surface area contributed by atoms with Crippen molar-refractivity contribution in [1.82, 2.24) is 4.90 Å². The number of ketones is 1. The number of hydrogen-bond donors (Lipinski definition) is 0. The molecule has 1 aliphatic heterocycles. The quantitative estimate of drug-likeness (QED) is 0.116. The Morgan fingerprint density at radius 3 is 2.35 bits per heavy atom. The maximum atomic E-state index is 12.8. The summed E-state index contributed by atoms with van der Waals surface area (Å²) in [4.78, 5) is 39.2. The third kappa shape index (κ3) is 12.6. The lowest BCUT2D eigenvalue weighted by atomic mass is 9.79. The Bertz CT molecular complexity index is 573. The zero-order valence-electron chi connectivity index (χ0n) is 22.4. The van der Waals surface area contributed by atoms with E-state index in [1.54, 1.807) is 18.9 Å². The summed E-state index contributed by atoms with van der Waals surface area (Å²) in [6.45, 7) is 7.70. The van der Waals surface area contributed by atoms with Gasteiger partial charge in [-0.25, -0.2) is 0 Å². The number of nitrogens with zero attached hydrogens (tertiary/aromatic N) is 1. The smallest absolute Gasteiger partial charge is 0.242 e. The molecule has 2 aliphatic rings. The van der Waals surface area contributed by atoms with Gasteiger partial charge in [-0.2, -0.15) is 9.90 Å². The molecule has 2 atom stereocenters. The summed E-state index contributed by atoms with van der Waals surface area (Å²) in [5.74, 6) is 1.99. The molecule has 34 heavy (non-hydrogen) atoms. The van der Waals surface area contributed by atoms with Gasteiger partial charge in [0.25, 0.3) is 0 Å². The molecular formula is C26H52NO4PSSi. The zero-order valence-corrected chi connectivity index (χ0v) is 26.1. The second-order valence-electron chi connectivity index (χ2n) is 9.31. The molecule has 0 radical (unpaired) electrons. The molecule has 1 aliphatic carbocycles. The molecule has 2 amide bonds. The van der Waals surface area contributed by atoms with Gasteiger partial charge in [0.15, 0.2) is 0 Å². The Balaban J connectivity index is 0.00000353. The average Bonchev–Trinajstić information content (AvgIpc) is 3.10. The van der Waals surface area contributed by atoms with E-state index in [0.29, 0.717) is 24.7 Å². The lowest BCUT2D eigenvalue weighted by Gasteiger charge is -2.30. The van der Waals surface area contributed by atoms with E-state index in [1.807, 2.05) is 13.8 Å². The van der Waals surface area contributed by atoms with E-state index in [0.717, 1.165) is 76.6 Å². The van der Waals surface area contributed by atoms with Crippen molar-refractivity contribution in [3.63, 3.8) is 0 Å². The van der Waals surface area contributed by atoms with Gasteiger partial charge >= 0.3 is 0 Å². The molecule has 2 fully saturated rings. The number of hydrogen-bond acceptors (Lipinski definition) is 5. The minimum absolute atomic E-state index is 0. The normalized spacial score (nSPS) is 22.6. The summed E-state index contributed by atoms with van der Waals surface area (Å²) in [6.07, 6.45) is 11.7. The van der Waals surface area contributed by atoms with E-state index in [2.05, 4.69) is 6.55 Å². The van der Waals surface area contributed by atoms with Crippen molar-refractivity contribution in [1.29, 1.82) is 0 Å². The molecule has 2 rings (SSSR count). The van der Waals surface area contributed by atoms with E-state index >= 15 is 0 Å². The molecule has 0 N–H and O–H groups in total. The molecule has 200 valence electrons. The van der Waals surface area contributed by atoms with E-state index in [1.165, 1.54) is 17.4 Å². The minimum Gasteiger partial charge on any atom is -0.385 e. The van der Waals surface area contributed by atoms with Gasteiger partial charge in [0.05, 0.1) is 5.25 Å². The van der Waals surface area contributed by atoms with Crippen LogP contribution in [0, 0.1) is 11.8 Å². The first-order chi connectivity index (χ1) is 16.1. The van der Waals surface area contributed by atoms with Gasteiger partial charge < -0.3 is 4.74 Å². The van der Waals surface area contributed by atoms with E-state index in [9.17, 15) is 14.4 Å². The predicted octanol–water partition coefficient (Wildman–Crippen LogP) is 5.32. The Morgan fingerprint density at radius 1 is 1.03 bits per heavy atom. The van der Waals surface area contributed by atoms with Crippen molar-refractivity contribution >= 4 is 48.8 Å². The number of amides is 2. The van der Waals surface area contributed by atoms with Crippen LogP contribution < -0.4 is 0 Å². The Kier molecular flexibility index (Phi) is 20.8. The highest BCUT2D eigenvalue weighted by Gasteiger charge is 2.40. The third-order valence-corrected chi connectivity index (χ3v) is 9.29. The first-order valence-electron chi connectivity index (χ1n) is 13.5. The molecule has 5 nitrogen and oxygen atoms in total. The summed E-state index contributed by atoms with van der Waals surface area (Å²) >= 11 is 1.66. The first-order valence-corrected chi connectivity index (χ1v) is 17.0. The van der Waals surface area contributed by atoms with E-state index < -0.39 is 0 Å². The lowest BCUT2D eigenvalue weighted by molar-refractivity contribution is -0.139. The molecule has 1 heterocycles. The fourth-order valence-electron chi connectivity index (χ4n) is 4.76. The molecule has 1 saturated carbocycles. The van der Waals surface area contributed by atoms with Gasteiger partial charge in [0.2, 0.25) is 11.8 Å². The maximum absolute atomic E-state index is 12.8. The third-order valence-electron chi connectivity index (χ3n) is 6.78. The largest absolute Gasteiger partial charge is 0.385 e. The van der Waals surface area contributed by atoms with Gasteiger partial charge in [-0.1, -0.05) is 45.7 Å². The summed E-state index contributed by atoms with van der Waals surface area (Å²) in [5, 5.41) is -0.185. The summed E-state index contributed by atoms with van der Waals surface area (Å²) in [6, 6.07) is 1.35. The van der Waals surface area contributed by atoms with Gasteiger partial charge in [-0.15, -0.1) is 11.8 Å². The average molecular weight is 534 g/mol. The number of carbonyl (C=O) groups excluding carboxylic acids is 3. The number of unbranched alkanes of at least 4 members (excludes halogenated alkanes) is 4. The molecule has 8 heteroatoms. The fourth-order valence-corrected chi connectivity index (χ4v) is 6.80. The topological polar surface area (TPSA) is 63.7 Å². The van der Waals surface area contributed by atoms with E-state index in [-0.39, 0.29) is 42.4 Å². The first kappa shape index (κ1) is 33.8. The molecular weight excluding hydrogens is 481 g/mol. The molecule has 0 spiro atoms. The van der Waals surface area contributed by atoms with Crippen LogP contribution in [0.2, 0.25) is 12.6 Å². The number of methoxy groups -OCH3 is 1. The predicted molar refractivity (Wildman–Crippen MR) is 154 cm³/mol. The summed E-state index contributed by atoms with van der Waals surface area (Å²) in [7, 11) is 1.86. The minimum atomic E-state index is -0.185. The van der Waals surface area contributed by atoms with Crippen molar-refractivity contribution in [3.05, 3.63) is 0 Å². The van der Waals surface area contributed by atoms with Crippen LogP contribution in [0.1, 0.15) is 90.9 Å². The fraction of sp³-hybridized carbons (Fsp3) is 0.885. The number of likely N-dealkylation sites (tertiary alicyclic amines) is 1. The van der Waals surface area contributed by atoms with Gasteiger partial charge in [-0.05, 0) is 56.6 Å². The number of rotatable bonds is 16.